The highest BCUT2D eigenvalue weighted by molar-refractivity contribution is 5.97. The number of ether oxygens (including phenoxy) is 1. The Kier molecular flexibility index (Phi) is 5.12. The first kappa shape index (κ1) is 22.4. The first-order chi connectivity index (χ1) is 17.4. The normalized spacial score (nSPS) is 17.9. The number of carbonyl (C=O) groups is 2. The zero-order valence-electron chi connectivity index (χ0n) is 19.8. The molecule has 36 heavy (non-hydrogen) atoms. The molecule has 4 heterocycles. The van der Waals surface area contributed by atoms with Crippen LogP contribution in [-0.2, 0) is 34.7 Å². The minimum atomic E-state index is -1.87. The maximum Gasteiger partial charge on any atom is 0.343 e. The number of aromatic nitrogens is 2. The standard InChI is InChI=1S/C29H24N2O5/c1-2-29(35)22-14-24-26-20(15-31(24)27(33)21(22)16-36-28(29)34)18(19-10-6-7-11-23(19)30-26)12-13-25(32)17-8-4-3-5-9-17/h3-11,14,35H,2,12-13,15-16H2,1H3/t29-/m0/s1. The maximum absolute atomic E-state index is 13.5. The lowest BCUT2D eigenvalue weighted by atomic mass is 9.86. The Morgan fingerprint density at radius 3 is 2.61 bits per heavy atom. The van der Waals surface area contributed by atoms with Crippen LogP contribution in [0.2, 0.25) is 0 Å². The summed E-state index contributed by atoms with van der Waals surface area (Å²) in [6.07, 6.45) is 0.915. The van der Waals surface area contributed by atoms with E-state index < -0.39 is 11.6 Å². The van der Waals surface area contributed by atoms with Crippen molar-refractivity contribution in [2.24, 2.45) is 0 Å². The molecule has 1 atom stereocenters. The van der Waals surface area contributed by atoms with Crippen LogP contribution in [0.4, 0.5) is 0 Å². The lowest BCUT2D eigenvalue weighted by Gasteiger charge is -2.31. The van der Waals surface area contributed by atoms with E-state index in [2.05, 4.69) is 0 Å². The van der Waals surface area contributed by atoms with E-state index in [-0.39, 0.29) is 24.4 Å². The molecule has 7 heteroatoms. The number of aliphatic hydroxyl groups is 1. The number of aryl methyl sites for hydroxylation is 1. The molecule has 2 aromatic heterocycles. The van der Waals surface area contributed by atoms with Crippen molar-refractivity contribution in [1.29, 1.82) is 0 Å². The van der Waals surface area contributed by atoms with Gasteiger partial charge in [0.15, 0.2) is 11.4 Å². The van der Waals surface area contributed by atoms with Crippen LogP contribution in [0.1, 0.15) is 52.4 Å². The molecule has 2 aromatic carbocycles. The Morgan fingerprint density at radius 1 is 1.08 bits per heavy atom. The fourth-order valence-corrected chi connectivity index (χ4v) is 5.41. The van der Waals surface area contributed by atoms with Crippen LogP contribution < -0.4 is 5.56 Å². The van der Waals surface area contributed by atoms with Gasteiger partial charge in [0.25, 0.3) is 5.56 Å². The number of esters is 1. The highest BCUT2D eigenvalue weighted by atomic mass is 16.6. The van der Waals surface area contributed by atoms with Gasteiger partial charge in [-0.1, -0.05) is 55.5 Å². The predicted molar refractivity (Wildman–Crippen MR) is 134 cm³/mol. The van der Waals surface area contributed by atoms with Gasteiger partial charge in [0, 0.05) is 28.5 Å². The number of hydrogen-bond acceptors (Lipinski definition) is 6. The molecule has 4 aromatic rings. The number of para-hydroxylation sites is 1. The molecule has 0 radical (unpaired) electrons. The summed E-state index contributed by atoms with van der Waals surface area (Å²) in [4.78, 5) is 43.7. The second-order valence-corrected chi connectivity index (χ2v) is 9.33. The predicted octanol–water partition coefficient (Wildman–Crippen LogP) is 3.90. The van der Waals surface area contributed by atoms with Crippen molar-refractivity contribution in [1.82, 2.24) is 9.55 Å². The minimum absolute atomic E-state index is 0.0528. The third-order valence-corrected chi connectivity index (χ3v) is 7.41. The molecule has 0 unspecified atom stereocenters. The molecule has 0 amide bonds. The lowest BCUT2D eigenvalue weighted by Crippen LogP contribution is -2.44. The molecule has 0 saturated carbocycles. The molecule has 0 spiro atoms. The van der Waals surface area contributed by atoms with Crippen LogP contribution in [-0.4, -0.2) is 26.4 Å². The lowest BCUT2D eigenvalue weighted by molar-refractivity contribution is -0.172. The van der Waals surface area contributed by atoms with Gasteiger partial charge in [0.1, 0.15) is 6.61 Å². The van der Waals surface area contributed by atoms with Crippen molar-refractivity contribution in [3.63, 3.8) is 0 Å². The number of cyclic esters (lactones) is 1. The molecule has 1 N–H and O–H groups in total. The average molecular weight is 481 g/mol. The number of benzene rings is 2. The summed E-state index contributed by atoms with van der Waals surface area (Å²) in [6, 6.07) is 18.7. The zero-order chi connectivity index (χ0) is 25.0. The van der Waals surface area contributed by atoms with Crippen molar-refractivity contribution < 1.29 is 19.4 Å². The van der Waals surface area contributed by atoms with E-state index in [1.807, 2.05) is 54.6 Å². The Morgan fingerprint density at radius 2 is 1.83 bits per heavy atom. The molecule has 180 valence electrons. The van der Waals surface area contributed by atoms with Gasteiger partial charge in [-0.2, -0.15) is 0 Å². The van der Waals surface area contributed by atoms with Crippen molar-refractivity contribution in [2.75, 3.05) is 0 Å². The summed E-state index contributed by atoms with van der Waals surface area (Å²) < 4.78 is 6.80. The summed E-state index contributed by atoms with van der Waals surface area (Å²) in [7, 11) is 0. The molecule has 0 saturated heterocycles. The van der Waals surface area contributed by atoms with Crippen molar-refractivity contribution >= 4 is 22.7 Å². The van der Waals surface area contributed by atoms with Crippen LogP contribution in [0.3, 0.4) is 0 Å². The highest BCUT2D eigenvalue weighted by Gasteiger charge is 2.45. The van der Waals surface area contributed by atoms with E-state index in [1.165, 1.54) is 0 Å². The second kappa shape index (κ2) is 8.24. The summed E-state index contributed by atoms with van der Waals surface area (Å²) >= 11 is 0. The molecule has 2 aliphatic rings. The van der Waals surface area contributed by atoms with Gasteiger partial charge in [0.2, 0.25) is 0 Å². The fraction of sp³-hybridized carbons (Fsp3) is 0.241. The first-order valence-corrected chi connectivity index (χ1v) is 12.1. The number of nitrogens with zero attached hydrogens (tertiary/aromatic N) is 2. The number of ketones is 1. The quantitative estimate of drug-likeness (QED) is 0.303. The summed E-state index contributed by atoms with van der Waals surface area (Å²) in [5, 5.41) is 12.1. The van der Waals surface area contributed by atoms with E-state index in [0.717, 1.165) is 22.0 Å². The molecule has 7 nitrogen and oxygen atoms in total. The first-order valence-electron chi connectivity index (χ1n) is 12.1. The van der Waals surface area contributed by atoms with E-state index in [0.29, 0.717) is 47.5 Å². The number of rotatable bonds is 5. The van der Waals surface area contributed by atoms with Crippen LogP contribution in [0.15, 0.2) is 65.5 Å². The van der Waals surface area contributed by atoms with Gasteiger partial charge in [-0.15, -0.1) is 0 Å². The van der Waals surface area contributed by atoms with Gasteiger partial charge in [-0.3, -0.25) is 9.59 Å². The van der Waals surface area contributed by atoms with Gasteiger partial charge >= 0.3 is 5.97 Å². The molecular weight excluding hydrogens is 456 g/mol. The number of Topliss-reactive ketones (excluding diaryl/α,β-unsaturated/α-hetero) is 1. The smallest absolute Gasteiger partial charge is 0.343 e. The van der Waals surface area contributed by atoms with Crippen LogP contribution in [0.5, 0.6) is 0 Å². The average Bonchev–Trinajstić information content (AvgIpc) is 3.28. The van der Waals surface area contributed by atoms with E-state index in [4.69, 9.17) is 9.72 Å². The van der Waals surface area contributed by atoms with Crippen molar-refractivity contribution in [3.8, 4) is 11.4 Å². The van der Waals surface area contributed by atoms with E-state index in [1.54, 1.807) is 17.6 Å². The molecule has 6 rings (SSSR count). The molecule has 2 aliphatic heterocycles. The van der Waals surface area contributed by atoms with Gasteiger partial charge < -0.3 is 14.4 Å². The van der Waals surface area contributed by atoms with E-state index >= 15 is 0 Å². The Bertz CT molecular complexity index is 1620. The third-order valence-electron chi connectivity index (χ3n) is 7.41. The van der Waals surface area contributed by atoms with Crippen LogP contribution in [0.25, 0.3) is 22.3 Å². The fourth-order valence-electron chi connectivity index (χ4n) is 5.41. The van der Waals surface area contributed by atoms with Gasteiger partial charge in [0.05, 0.1) is 29.0 Å². The van der Waals surface area contributed by atoms with Gasteiger partial charge in [-0.25, -0.2) is 9.78 Å². The number of pyridine rings is 2. The zero-order valence-corrected chi connectivity index (χ0v) is 19.8. The summed E-state index contributed by atoms with van der Waals surface area (Å²) in [5.41, 5.74) is 2.94. The van der Waals surface area contributed by atoms with Crippen molar-refractivity contribution in [3.05, 3.63) is 98.8 Å². The Hall–Kier alpha value is -4.10. The number of carbonyl (C=O) groups excluding carboxylic acids is 2. The third kappa shape index (κ3) is 3.23. The van der Waals surface area contributed by atoms with Crippen LogP contribution >= 0.6 is 0 Å². The summed E-state index contributed by atoms with van der Waals surface area (Å²) in [5.74, 6) is -0.691. The number of fused-ring (bicyclic) bond motifs is 5. The largest absolute Gasteiger partial charge is 0.458 e. The summed E-state index contributed by atoms with van der Waals surface area (Å²) in [6.45, 7) is 1.82. The van der Waals surface area contributed by atoms with Gasteiger partial charge in [-0.05, 0) is 30.5 Å². The van der Waals surface area contributed by atoms with Crippen molar-refractivity contribution in [2.45, 2.75) is 44.9 Å². The SMILES string of the molecule is CC[C@@]1(O)C(=O)OCc2c1cc1n(c2=O)Cc2c-1nc1ccccc1c2CCC(=O)c1ccccc1. The molecule has 0 fully saturated rings. The minimum Gasteiger partial charge on any atom is -0.458 e. The molecular formula is C29H24N2O5. The molecule has 0 bridgehead atoms. The highest BCUT2D eigenvalue weighted by Crippen LogP contribution is 2.40. The Balaban J connectivity index is 1.50. The molecule has 0 aliphatic carbocycles. The monoisotopic (exact) mass is 480 g/mol. The maximum atomic E-state index is 13.5. The van der Waals surface area contributed by atoms with Crippen LogP contribution in [0, 0.1) is 0 Å². The van der Waals surface area contributed by atoms with E-state index in [9.17, 15) is 19.5 Å². The second-order valence-electron chi connectivity index (χ2n) is 9.33. The Labute approximate surface area is 207 Å². The topological polar surface area (TPSA) is 98.5 Å². The number of hydrogen-bond donors (Lipinski definition) is 1.